The Morgan fingerprint density at radius 3 is 2.88 bits per heavy atom. The molecule has 0 fully saturated rings. The average Bonchev–Trinajstić information content (AvgIpc) is 2.30. The third-order valence-electron chi connectivity index (χ3n) is 2.15. The summed E-state index contributed by atoms with van der Waals surface area (Å²) in [5.74, 6) is 0.646. The van der Waals surface area contributed by atoms with Gasteiger partial charge in [-0.25, -0.2) is 4.98 Å². The molecule has 0 saturated heterocycles. The molecule has 0 unspecified atom stereocenters. The van der Waals surface area contributed by atoms with E-state index < -0.39 is 0 Å². The summed E-state index contributed by atoms with van der Waals surface area (Å²) < 4.78 is 0. The molecule has 3 nitrogen and oxygen atoms in total. The molecule has 0 saturated carbocycles. The predicted molar refractivity (Wildman–Crippen MR) is 64.9 cm³/mol. The summed E-state index contributed by atoms with van der Waals surface area (Å²) in [6.45, 7) is -0.0449. The molecule has 2 rings (SSSR count). The van der Waals surface area contributed by atoms with Crippen LogP contribution in [0.3, 0.4) is 0 Å². The van der Waals surface area contributed by atoms with E-state index in [0.29, 0.717) is 10.8 Å². The van der Waals surface area contributed by atoms with Gasteiger partial charge < -0.3 is 10.4 Å². The molecular formula is C12H11ClN2O. The zero-order chi connectivity index (χ0) is 11.4. The monoisotopic (exact) mass is 234 g/mol. The molecule has 0 spiro atoms. The number of rotatable bonds is 3. The first-order valence-corrected chi connectivity index (χ1v) is 5.25. The fraction of sp³-hybridized carbons (Fsp3) is 0.0833. The third-order valence-corrected chi connectivity index (χ3v) is 2.38. The van der Waals surface area contributed by atoms with Crippen molar-refractivity contribution in [1.29, 1.82) is 0 Å². The topological polar surface area (TPSA) is 45.2 Å². The summed E-state index contributed by atoms with van der Waals surface area (Å²) in [6, 6.07) is 11.0. The first-order valence-electron chi connectivity index (χ1n) is 4.87. The zero-order valence-corrected chi connectivity index (χ0v) is 9.28. The molecule has 82 valence electrons. The van der Waals surface area contributed by atoms with Crippen molar-refractivity contribution < 1.29 is 5.11 Å². The number of pyridine rings is 1. The van der Waals surface area contributed by atoms with Gasteiger partial charge in [-0.1, -0.05) is 23.7 Å². The fourth-order valence-electron chi connectivity index (χ4n) is 1.38. The van der Waals surface area contributed by atoms with Crippen LogP contribution in [-0.2, 0) is 6.61 Å². The third kappa shape index (κ3) is 2.51. The van der Waals surface area contributed by atoms with Gasteiger partial charge in [0.2, 0.25) is 0 Å². The van der Waals surface area contributed by atoms with Gasteiger partial charge in [-0.15, -0.1) is 0 Å². The summed E-state index contributed by atoms with van der Waals surface area (Å²) in [6.07, 6.45) is 1.67. The van der Waals surface area contributed by atoms with Crippen molar-refractivity contribution in [3.63, 3.8) is 0 Å². The van der Waals surface area contributed by atoms with Gasteiger partial charge in [-0.3, -0.25) is 0 Å². The van der Waals surface area contributed by atoms with E-state index in [1.807, 2.05) is 18.2 Å². The number of aliphatic hydroxyl groups excluding tert-OH is 1. The number of benzene rings is 1. The van der Waals surface area contributed by atoms with Crippen LogP contribution >= 0.6 is 11.6 Å². The van der Waals surface area contributed by atoms with Gasteiger partial charge in [0, 0.05) is 22.5 Å². The van der Waals surface area contributed by atoms with Crippen molar-refractivity contribution in [2.75, 3.05) is 5.32 Å². The van der Waals surface area contributed by atoms with E-state index in [4.69, 9.17) is 16.7 Å². The first-order chi connectivity index (χ1) is 7.79. The largest absolute Gasteiger partial charge is 0.392 e. The number of halogens is 1. The standard InChI is InChI=1S/C12H11ClN2O/c13-10-4-1-5-11(7-10)15-12-9(8-16)3-2-6-14-12/h1-7,16H,8H2,(H,14,15). The molecule has 0 bridgehead atoms. The van der Waals surface area contributed by atoms with Crippen LogP contribution in [0.1, 0.15) is 5.56 Å². The molecule has 1 aromatic heterocycles. The molecular weight excluding hydrogens is 224 g/mol. The van der Waals surface area contributed by atoms with Crippen molar-refractivity contribution >= 4 is 23.1 Å². The second kappa shape index (κ2) is 4.96. The highest BCUT2D eigenvalue weighted by atomic mass is 35.5. The molecule has 0 amide bonds. The highest BCUT2D eigenvalue weighted by Crippen LogP contribution is 2.21. The maximum Gasteiger partial charge on any atom is 0.135 e. The van der Waals surface area contributed by atoms with Crippen LogP contribution in [0.2, 0.25) is 5.02 Å². The van der Waals surface area contributed by atoms with Gasteiger partial charge in [0.15, 0.2) is 0 Å². The van der Waals surface area contributed by atoms with E-state index in [-0.39, 0.29) is 6.61 Å². The van der Waals surface area contributed by atoms with Crippen LogP contribution in [0.15, 0.2) is 42.6 Å². The predicted octanol–water partition coefficient (Wildman–Crippen LogP) is 2.97. The Morgan fingerprint density at radius 1 is 1.25 bits per heavy atom. The Kier molecular flexibility index (Phi) is 3.39. The smallest absolute Gasteiger partial charge is 0.135 e. The lowest BCUT2D eigenvalue weighted by Crippen LogP contribution is -1.98. The molecule has 1 heterocycles. The van der Waals surface area contributed by atoms with Crippen molar-refractivity contribution in [3.8, 4) is 0 Å². The molecule has 0 atom stereocenters. The number of nitrogens with zero attached hydrogens (tertiary/aromatic N) is 1. The highest BCUT2D eigenvalue weighted by Gasteiger charge is 2.02. The summed E-state index contributed by atoms with van der Waals surface area (Å²) in [5, 5.41) is 12.9. The van der Waals surface area contributed by atoms with E-state index in [0.717, 1.165) is 11.3 Å². The summed E-state index contributed by atoms with van der Waals surface area (Å²) in [5.41, 5.74) is 1.60. The second-order valence-corrected chi connectivity index (χ2v) is 3.74. The maximum atomic E-state index is 9.14. The van der Waals surface area contributed by atoms with E-state index in [1.54, 1.807) is 24.4 Å². The highest BCUT2D eigenvalue weighted by molar-refractivity contribution is 6.30. The Bertz CT molecular complexity index is 488. The van der Waals surface area contributed by atoms with Crippen LogP contribution in [0.4, 0.5) is 11.5 Å². The molecule has 2 N–H and O–H groups in total. The van der Waals surface area contributed by atoms with E-state index in [9.17, 15) is 0 Å². The van der Waals surface area contributed by atoms with Gasteiger partial charge in [-0.05, 0) is 24.3 Å². The van der Waals surface area contributed by atoms with Crippen LogP contribution in [0.5, 0.6) is 0 Å². The van der Waals surface area contributed by atoms with E-state index in [1.165, 1.54) is 0 Å². The number of hydrogen-bond acceptors (Lipinski definition) is 3. The molecule has 4 heteroatoms. The normalized spacial score (nSPS) is 10.1. The Balaban J connectivity index is 2.26. The summed E-state index contributed by atoms with van der Waals surface area (Å²) in [4.78, 5) is 4.16. The van der Waals surface area contributed by atoms with Gasteiger partial charge in [0.1, 0.15) is 5.82 Å². The number of hydrogen-bond donors (Lipinski definition) is 2. The van der Waals surface area contributed by atoms with Gasteiger partial charge in [-0.2, -0.15) is 0 Å². The minimum absolute atomic E-state index is 0.0449. The lowest BCUT2D eigenvalue weighted by molar-refractivity contribution is 0.282. The number of nitrogens with one attached hydrogen (secondary N) is 1. The molecule has 0 aliphatic rings. The lowest BCUT2D eigenvalue weighted by Gasteiger charge is -2.09. The Morgan fingerprint density at radius 2 is 2.12 bits per heavy atom. The summed E-state index contributed by atoms with van der Waals surface area (Å²) >= 11 is 5.87. The molecule has 2 aromatic rings. The maximum absolute atomic E-state index is 9.14. The van der Waals surface area contributed by atoms with Crippen molar-refractivity contribution in [1.82, 2.24) is 4.98 Å². The molecule has 0 aliphatic heterocycles. The average molecular weight is 235 g/mol. The van der Waals surface area contributed by atoms with Crippen molar-refractivity contribution in [3.05, 3.63) is 53.2 Å². The zero-order valence-electron chi connectivity index (χ0n) is 8.52. The summed E-state index contributed by atoms with van der Waals surface area (Å²) in [7, 11) is 0. The van der Waals surface area contributed by atoms with E-state index >= 15 is 0 Å². The Hall–Kier alpha value is -1.58. The Labute approximate surface area is 98.7 Å². The van der Waals surface area contributed by atoms with Crippen molar-refractivity contribution in [2.45, 2.75) is 6.61 Å². The minimum Gasteiger partial charge on any atom is -0.392 e. The van der Waals surface area contributed by atoms with Crippen LogP contribution in [0, 0.1) is 0 Å². The quantitative estimate of drug-likeness (QED) is 0.858. The van der Waals surface area contributed by atoms with E-state index in [2.05, 4.69) is 10.3 Å². The van der Waals surface area contributed by atoms with Gasteiger partial charge in [0.05, 0.1) is 6.61 Å². The molecule has 1 aromatic carbocycles. The fourth-order valence-corrected chi connectivity index (χ4v) is 1.57. The van der Waals surface area contributed by atoms with Crippen LogP contribution < -0.4 is 5.32 Å². The first kappa shape index (κ1) is 10.9. The van der Waals surface area contributed by atoms with Gasteiger partial charge in [0.25, 0.3) is 0 Å². The van der Waals surface area contributed by atoms with Gasteiger partial charge >= 0.3 is 0 Å². The molecule has 16 heavy (non-hydrogen) atoms. The minimum atomic E-state index is -0.0449. The van der Waals surface area contributed by atoms with Crippen LogP contribution in [0.25, 0.3) is 0 Å². The molecule has 0 aliphatic carbocycles. The van der Waals surface area contributed by atoms with Crippen LogP contribution in [-0.4, -0.2) is 10.1 Å². The SMILES string of the molecule is OCc1cccnc1Nc1cccc(Cl)c1. The molecule has 0 radical (unpaired) electrons. The van der Waals surface area contributed by atoms with Crippen molar-refractivity contribution in [2.24, 2.45) is 0 Å². The number of aromatic nitrogens is 1. The number of aliphatic hydroxyl groups is 1. The second-order valence-electron chi connectivity index (χ2n) is 3.30. The lowest BCUT2D eigenvalue weighted by atomic mass is 10.2. The number of anilines is 2.